The molecule has 1 aromatic rings. The van der Waals surface area contributed by atoms with Gasteiger partial charge in [-0.05, 0) is 48.6 Å². The van der Waals surface area contributed by atoms with E-state index in [2.05, 4.69) is 0 Å². The van der Waals surface area contributed by atoms with Gasteiger partial charge in [-0.3, -0.25) is 9.59 Å². The third-order valence-electron chi connectivity index (χ3n) is 5.17. The van der Waals surface area contributed by atoms with Crippen LogP contribution >= 0.6 is 0 Å². The number of fused-ring (bicyclic) bond motifs is 2. The molecule has 3 aliphatic rings. The molecule has 1 heterocycles. The summed E-state index contributed by atoms with van der Waals surface area (Å²) in [6.07, 6.45) is 3.31. The second-order valence-electron chi connectivity index (χ2n) is 6.69. The normalized spacial score (nSPS) is 20.8. The predicted molar refractivity (Wildman–Crippen MR) is 93.1 cm³/mol. The number of carboxylic acids is 1. The third kappa shape index (κ3) is 2.65. The molecule has 0 bridgehead atoms. The summed E-state index contributed by atoms with van der Waals surface area (Å²) >= 11 is 0. The second-order valence-corrected chi connectivity index (χ2v) is 6.69. The van der Waals surface area contributed by atoms with E-state index in [-0.39, 0.29) is 17.1 Å². The van der Waals surface area contributed by atoms with Gasteiger partial charge in [-0.1, -0.05) is 12.8 Å². The van der Waals surface area contributed by atoms with E-state index in [0.29, 0.717) is 17.8 Å². The van der Waals surface area contributed by atoms with Gasteiger partial charge in [0.05, 0.1) is 5.92 Å². The number of hydrogen-bond donors (Lipinski definition) is 2. The van der Waals surface area contributed by atoms with Crippen LogP contribution in [-0.2, 0) is 4.79 Å². The van der Waals surface area contributed by atoms with Crippen LogP contribution in [0.4, 0.5) is 0 Å². The Morgan fingerprint density at radius 2 is 1.88 bits per heavy atom. The predicted octanol–water partition coefficient (Wildman–Crippen LogP) is 3.96. The number of carbonyl (C=O) groups is 1. The Morgan fingerprint density at radius 1 is 1.08 bits per heavy atom. The Bertz CT molecular complexity index is 987. The van der Waals surface area contributed by atoms with E-state index in [1.165, 1.54) is 18.2 Å². The highest BCUT2D eigenvalue weighted by molar-refractivity contribution is 5.90. The number of hydrogen-bond acceptors (Lipinski definition) is 4. The summed E-state index contributed by atoms with van der Waals surface area (Å²) in [5.41, 5.74) is 1.97. The van der Waals surface area contributed by atoms with E-state index in [0.717, 1.165) is 35.8 Å². The Hall–Kier alpha value is -2.82. The van der Waals surface area contributed by atoms with Crippen LogP contribution in [0.5, 0.6) is 5.75 Å². The summed E-state index contributed by atoms with van der Waals surface area (Å²) in [6.45, 7) is 0. The van der Waals surface area contributed by atoms with Gasteiger partial charge in [0.1, 0.15) is 17.1 Å². The molecule has 4 rings (SSSR count). The maximum absolute atomic E-state index is 11.8. The number of aromatic hydroxyl groups is 1. The lowest BCUT2D eigenvalue weighted by atomic mass is 9.73. The van der Waals surface area contributed by atoms with Crippen LogP contribution in [0.2, 0.25) is 0 Å². The number of aliphatic carboxylic acids is 1. The molecule has 0 aromatic heterocycles. The third-order valence-corrected chi connectivity index (χ3v) is 5.17. The summed E-state index contributed by atoms with van der Waals surface area (Å²) in [7, 11) is 0. The van der Waals surface area contributed by atoms with E-state index < -0.39 is 11.9 Å². The minimum atomic E-state index is -0.786. The van der Waals surface area contributed by atoms with Crippen LogP contribution in [0.25, 0.3) is 22.3 Å². The second kappa shape index (κ2) is 5.92. The van der Waals surface area contributed by atoms with Crippen molar-refractivity contribution in [3.63, 3.8) is 0 Å². The van der Waals surface area contributed by atoms with Crippen LogP contribution in [0.1, 0.15) is 37.2 Å². The lowest BCUT2D eigenvalue weighted by Crippen LogP contribution is -2.26. The molecular weight excluding hydrogens is 320 g/mol. The maximum atomic E-state index is 11.8. The van der Waals surface area contributed by atoms with E-state index in [1.54, 1.807) is 18.2 Å². The zero-order valence-electron chi connectivity index (χ0n) is 13.6. The molecule has 1 saturated carbocycles. The molecule has 0 radical (unpaired) electrons. The van der Waals surface area contributed by atoms with Crippen molar-refractivity contribution in [3.05, 3.63) is 52.2 Å². The fraction of sp³-hybridized carbons (Fsp3) is 0.300. The van der Waals surface area contributed by atoms with Crippen molar-refractivity contribution in [2.45, 2.75) is 31.6 Å². The highest BCUT2D eigenvalue weighted by atomic mass is 16.4. The van der Waals surface area contributed by atoms with Crippen molar-refractivity contribution in [1.82, 2.24) is 0 Å². The van der Waals surface area contributed by atoms with Crippen molar-refractivity contribution in [3.8, 4) is 17.1 Å². The minimum absolute atomic E-state index is 0.0678. The molecular formula is C20H18O5. The Kier molecular flexibility index (Phi) is 3.71. The van der Waals surface area contributed by atoms with Crippen molar-refractivity contribution in [2.75, 3.05) is 0 Å². The molecule has 128 valence electrons. The van der Waals surface area contributed by atoms with Gasteiger partial charge in [0.2, 0.25) is 0 Å². The zero-order chi connectivity index (χ0) is 17.6. The Labute approximate surface area is 143 Å². The molecule has 0 spiro atoms. The SMILES string of the molecule is O=C(O)[C@H]1CCCC[C@@H]1c1c2ccc(=O)cc-2oc2cc(O)ccc12. The molecule has 0 amide bonds. The van der Waals surface area contributed by atoms with Crippen molar-refractivity contribution in [1.29, 1.82) is 0 Å². The van der Waals surface area contributed by atoms with Gasteiger partial charge in [-0.2, -0.15) is 0 Å². The standard InChI is InChI=1S/C20H18O5/c21-11-5-7-15-17(9-11)25-18-10-12(22)6-8-16(18)19(15)13-3-1-2-4-14(13)20(23)24/h5-10,13-14,21H,1-4H2,(H,23,24)/t13-,14-/m0/s1. The molecule has 2 atom stereocenters. The molecule has 2 aliphatic carbocycles. The highest BCUT2D eigenvalue weighted by Crippen LogP contribution is 2.46. The minimum Gasteiger partial charge on any atom is -0.508 e. The topological polar surface area (TPSA) is 87.7 Å². The molecule has 5 nitrogen and oxygen atoms in total. The Balaban J connectivity index is 2.05. The highest BCUT2D eigenvalue weighted by Gasteiger charge is 2.35. The molecule has 1 fully saturated rings. The molecule has 25 heavy (non-hydrogen) atoms. The summed E-state index contributed by atoms with van der Waals surface area (Å²) < 4.78 is 5.83. The van der Waals surface area contributed by atoms with Gasteiger partial charge in [-0.15, -0.1) is 0 Å². The van der Waals surface area contributed by atoms with Crippen molar-refractivity contribution < 1.29 is 19.4 Å². The van der Waals surface area contributed by atoms with Gasteiger partial charge < -0.3 is 14.6 Å². The molecule has 0 unspecified atom stereocenters. The Morgan fingerprint density at radius 3 is 2.68 bits per heavy atom. The van der Waals surface area contributed by atoms with Crippen molar-refractivity contribution >= 4 is 16.9 Å². The lowest BCUT2D eigenvalue weighted by Gasteiger charge is -2.31. The number of rotatable bonds is 2. The van der Waals surface area contributed by atoms with Gasteiger partial charge in [-0.25, -0.2) is 0 Å². The number of phenolic OH excluding ortho intramolecular Hbond substituents is 1. The fourth-order valence-corrected chi connectivity index (χ4v) is 4.06. The van der Waals surface area contributed by atoms with Crippen LogP contribution in [0.3, 0.4) is 0 Å². The molecule has 5 heteroatoms. The number of carboxylic acid groups (broad SMARTS) is 1. The van der Waals surface area contributed by atoms with E-state index in [4.69, 9.17) is 4.42 Å². The van der Waals surface area contributed by atoms with Crippen molar-refractivity contribution in [2.24, 2.45) is 5.92 Å². The summed E-state index contributed by atoms with van der Waals surface area (Å²) in [6, 6.07) is 9.47. The average Bonchev–Trinajstić information content (AvgIpc) is 2.59. The molecule has 1 aromatic carbocycles. The summed E-state index contributed by atoms with van der Waals surface area (Å²) in [5, 5.41) is 20.3. The van der Waals surface area contributed by atoms with E-state index in [9.17, 15) is 19.8 Å². The molecule has 0 saturated heterocycles. The molecule has 2 N–H and O–H groups in total. The first-order chi connectivity index (χ1) is 12.0. The lowest BCUT2D eigenvalue weighted by molar-refractivity contribution is -0.143. The summed E-state index contributed by atoms with van der Waals surface area (Å²) in [4.78, 5) is 23.5. The molecule has 1 aliphatic heterocycles. The smallest absolute Gasteiger partial charge is 0.307 e. The zero-order valence-corrected chi connectivity index (χ0v) is 13.6. The number of phenols is 1. The average molecular weight is 338 g/mol. The van der Waals surface area contributed by atoms with E-state index >= 15 is 0 Å². The first-order valence-corrected chi connectivity index (χ1v) is 8.47. The largest absolute Gasteiger partial charge is 0.508 e. The first kappa shape index (κ1) is 15.7. The monoisotopic (exact) mass is 338 g/mol. The van der Waals surface area contributed by atoms with Gasteiger partial charge >= 0.3 is 5.97 Å². The van der Waals surface area contributed by atoms with Crippen LogP contribution in [-0.4, -0.2) is 16.2 Å². The summed E-state index contributed by atoms with van der Waals surface area (Å²) in [5.74, 6) is -0.891. The van der Waals surface area contributed by atoms with Crippen LogP contribution in [0.15, 0.2) is 45.6 Å². The van der Waals surface area contributed by atoms with E-state index in [1.807, 2.05) is 0 Å². The maximum Gasteiger partial charge on any atom is 0.307 e. The fourth-order valence-electron chi connectivity index (χ4n) is 4.06. The van der Waals surface area contributed by atoms with Gasteiger partial charge in [0, 0.05) is 23.1 Å². The first-order valence-electron chi connectivity index (χ1n) is 8.47. The quantitative estimate of drug-likeness (QED) is 0.691. The van der Waals surface area contributed by atoms with Gasteiger partial charge in [0.15, 0.2) is 5.43 Å². The number of benzene rings is 2. The van der Waals surface area contributed by atoms with Crippen LogP contribution < -0.4 is 5.43 Å². The van der Waals surface area contributed by atoms with Crippen LogP contribution in [0, 0.1) is 5.92 Å². The van der Waals surface area contributed by atoms with Gasteiger partial charge in [0.25, 0.3) is 0 Å².